The quantitative estimate of drug-likeness (QED) is 0.617. The average Bonchev–Trinajstić information content (AvgIpc) is 3.10. The lowest BCUT2D eigenvalue weighted by molar-refractivity contribution is 0.252. The summed E-state index contributed by atoms with van der Waals surface area (Å²) in [5.41, 5.74) is 4.37. The molecule has 0 radical (unpaired) electrons. The maximum absolute atomic E-state index is 5.85. The molecule has 2 bridgehead atoms. The van der Waals surface area contributed by atoms with Crippen LogP contribution in [0.4, 0.5) is 0 Å². The van der Waals surface area contributed by atoms with Crippen LogP contribution in [0.2, 0.25) is 0 Å². The van der Waals surface area contributed by atoms with Crippen LogP contribution in [0.15, 0.2) is 24.3 Å². The lowest BCUT2D eigenvalue weighted by Crippen LogP contribution is -2.35. The third kappa shape index (κ3) is 2.70. The van der Waals surface area contributed by atoms with Crippen LogP contribution in [0, 0.1) is 17.8 Å². The van der Waals surface area contributed by atoms with Gasteiger partial charge >= 0.3 is 0 Å². The SMILES string of the molecule is CCCOc1ccc(C(NN)C2CC3CCC2C3)cc1. The highest BCUT2D eigenvalue weighted by Crippen LogP contribution is 2.52. The van der Waals surface area contributed by atoms with E-state index in [4.69, 9.17) is 10.6 Å². The molecule has 3 rings (SSSR count). The summed E-state index contributed by atoms with van der Waals surface area (Å²) in [6.07, 6.45) is 6.63. The number of nitrogens with one attached hydrogen (secondary N) is 1. The fourth-order valence-corrected chi connectivity index (χ4v) is 4.16. The number of hydrogen-bond acceptors (Lipinski definition) is 3. The maximum atomic E-state index is 5.85. The first kappa shape index (κ1) is 13.9. The first-order valence-corrected chi connectivity index (χ1v) is 8.00. The molecule has 0 aliphatic heterocycles. The van der Waals surface area contributed by atoms with Crippen molar-refractivity contribution < 1.29 is 4.74 Å². The number of benzene rings is 1. The number of hydrazine groups is 1. The van der Waals surface area contributed by atoms with Crippen molar-refractivity contribution in [2.45, 2.75) is 45.1 Å². The van der Waals surface area contributed by atoms with Crippen molar-refractivity contribution in [1.29, 1.82) is 0 Å². The molecule has 3 nitrogen and oxygen atoms in total. The number of rotatable bonds is 6. The second-order valence-corrected chi connectivity index (χ2v) is 6.40. The van der Waals surface area contributed by atoms with Gasteiger partial charge in [-0.1, -0.05) is 25.5 Å². The molecule has 0 aromatic heterocycles. The minimum absolute atomic E-state index is 0.297. The summed E-state index contributed by atoms with van der Waals surface area (Å²) in [6, 6.07) is 8.78. The van der Waals surface area contributed by atoms with Gasteiger partial charge < -0.3 is 4.74 Å². The van der Waals surface area contributed by atoms with E-state index in [9.17, 15) is 0 Å². The molecular weight excluding hydrogens is 248 g/mol. The van der Waals surface area contributed by atoms with E-state index in [2.05, 4.69) is 36.6 Å². The molecule has 2 aliphatic rings. The van der Waals surface area contributed by atoms with Gasteiger partial charge in [0.2, 0.25) is 0 Å². The zero-order chi connectivity index (χ0) is 13.9. The Morgan fingerprint density at radius 2 is 2.05 bits per heavy atom. The highest BCUT2D eigenvalue weighted by Gasteiger charge is 2.43. The van der Waals surface area contributed by atoms with E-state index in [0.717, 1.165) is 30.6 Å². The van der Waals surface area contributed by atoms with Crippen molar-refractivity contribution in [2.24, 2.45) is 23.6 Å². The van der Waals surface area contributed by atoms with E-state index >= 15 is 0 Å². The molecule has 2 aliphatic carbocycles. The van der Waals surface area contributed by atoms with Crippen molar-refractivity contribution in [1.82, 2.24) is 5.43 Å². The Hall–Kier alpha value is -1.06. The van der Waals surface area contributed by atoms with Crippen LogP contribution in [-0.4, -0.2) is 6.61 Å². The van der Waals surface area contributed by atoms with Crippen LogP contribution in [0.5, 0.6) is 5.75 Å². The molecule has 4 atom stereocenters. The maximum Gasteiger partial charge on any atom is 0.119 e. The van der Waals surface area contributed by atoms with Crippen molar-refractivity contribution in [3.05, 3.63) is 29.8 Å². The predicted molar refractivity (Wildman–Crippen MR) is 81.2 cm³/mol. The van der Waals surface area contributed by atoms with Gasteiger partial charge in [-0.15, -0.1) is 0 Å². The highest BCUT2D eigenvalue weighted by molar-refractivity contribution is 5.30. The van der Waals surface area contributed by atoms with Gasteiger partial charge in [0.25, 0.3) is 0 Å². The summed E-state index contributed by atoms with van der Waals surface area (Å²) < 4.78 is 5.65. The van der Waals surface area contributed by atoms with Crippen molar-refractivity contribution in [3.63, 3.8) is 0 Å². The standard InChI is InChI=1S/C17H26N2O/c1-2-9-20-15-7-5-13(6-8-15)17(19-18)16-11-12-3-4-14(16)10-12/h5-8,12,14,16-17,19H,2-4,9-11,18H2,1H3. The molecule has 0 heterocycles. The van der Waals surface area contributed by atoms with Crippen molar-refractivity contribution >= 4 is 0 Å². The van der Waals surface area contributed by atoms with Gasteiger partial charge in [0, 0.05) is 6.04 Å². The summed E-state index contributed by atoms with van der Waals surface area (Å²) >= 11 is 0. The lowest BCUT2D eigenvalue weighted by Gasteiger charge is -2.30. The zero-order valence-electron chi connectivity index (χ0n) is 12.3. The van der Waals surface area contributed by atoms with Crippen LogP contribution in [0.3, 0.4) is 0 Å². The molecule has 3 N–H and O–H groups in total. The summed E-state index contributed by atoms with van der Waals surface area (Å²) in [5, 5.41) is 0. The normalized spacial score (nSPS) is 29.6. The third-order valence-corrected chi connectivity index (χ3v) is 5.11. The number of ether oxygens (including phenoxy) is 1. The topological polar surface area (TPSA) is 47.3 Å². The fourth-order valence-electron chi connectivity index (χ4n) is 4.16. The van der Waals surface area contributed by atoms with Crippen LogP contribution >= 0.6 is 0 Å². The Morgan fingerprint density at radius 1 is 1.25 bits per heavy atom. The van der Waals surface area contributed by atoms with E-state index in [1.54, 1.807) is 0 Å². The Morgan fingerprint density at radius 3 is 2.60 bits per heavy atom. The molecule has 4 unspecified atom stereocenters. The molecule has 2 saturated carbocycles. The van der Waals surface area contributed by atoms with Gasteiger partial charge in [0.15, 0.2) is 0 Å². The molecule has 0 saturated heterocycles. The van der Waals surface area contributed by atoms with E-state index < -0.39 is 0 Å². The van der Waals surface area contributed by atoms with Crippen molar-refractivity contribution in [3.8, 4) is 5.75 Å². The Labute approximate surface area is 121 Å². The molecule has 3 heteroatoms. The van der Waals surface area contributed by atoms with Gasteiger partial charge in [-0.3, -0.25) is 11.3 Å². The molecule has 1 aromatic rings. The summed E-state index contributed by atoms with van der Waals surface area (Å²) in [4.78, 5) is 0. The lowest BCUT2D eigenvalue weighted by atomic mass is 9.81. The minimum Gasteiger partial charge on any atom is -0.494 e. The van der Waals surface area contributed by atoms with Gasteiger partial charge in [-0.2, -0.15) is 0 Å². The second kappa shape index (κ2) is 6.15. The Kier molecular flexibility index (Phi) is 4.27. The Bertz CT molecular complexity index is 431. The Balaban J connectivity index is 1.69. The largest absolute Gasteiger partial charge is 0.494 e. The summed E-state index contributed by atoms with van der Waals surface area (Å²) in [5.74, 6) is 9.34. The molecule has 0 amide bonds. The number of hydrogen-bond donors (Lipinski definition) is 2. The molecule has 20 heavy (non-hydrogen) atoms. The van der Waals surface area contributed by atoms with Crippen LogP contribution in [0.1, 0.15) is 50.6 Å². The molecule has 0 spiro atoms. The minimum atomic E-state index is 0.297. The van der Waals surface area contributed by atoms with E-state index in [-0.39, 0.29) is 0 Å². The molecule has 2 fully saturated rings. The molecule has 110 valence electrons. The zero-order valence-corrected chi connectivity index (χ0v) is 12.3. The summed E-state index contributed by atoms with van der Waals surface area (Å²) in [6.45, 7) is 2.90. The fraction of sp³-hybridized carbons (Fsp3) is 0.647. The molecule has 1 aromatic carbocycles. The van der Waals surface area contributed by atoms with Gasteiger partial charge in [0.1, 0.15) is 5.75 Å². The smallest absolute Gasteiger partial charge is 0.119 e. The van der Waals surface area contributed by atoms with Gasteiger partial charge in [-0.25, -0.2) is 0 Å². The summed E-state index contributed by atoms with van der Waals surface area (Å²) in [7, 11) is 0. The van der Waals surface area contributed by atoms with Crippen LogP contribution < -0.4 is 16.0 Å². The van der Waals surface area contributed by atoms with E-state index in [1.165, 1.54) is 31.2 Å². The van der Waals surface area contributed by atoms with E-state index in [1.807, 2.05) is 0 Å². The third-order valence-electron chi connectivity index (χ3n) is 5.11. The number of nitrogens with two attached hydrogens (primary N) is 1. The molecular formula is C17H26N2O. The van der Waals surface area contributed by atoms with Crippen LogP contribution in [0.25, 0.3) is 0 Å². The second-order valence-electron chi connectivity index (χ2n) is 6.40. The highest BCUT2D eigenvalue weighted by atomic mass is 16.5. The first-order chi connectivity index (χ1) is 9.81. The van der Waals surface area contributed by atoms with Crippen LogP contribution in [-0.2, 0) is 0 Å². The van der Waals surface area contributed by atoms with Gasteiger partial charge in [-0.05, 0) is 61.1 Å². The van der Waals surface area contributed by atoms with E-state index in [0.29, 0.717) is 12.0 Å². The van der Waals surface area contributed by atoms with Gasteiger partial charge in [0.05, 0.1) is 6.61 Å². The number of fused-ring (bicyclic) bond motifs is 2. The van der Waals surface area contributed by atoms with Crippen molar-refractivity contribution in [2.75, 3.05) is 6.61 Å². The monoisotopic (exact) mass is 274 g/mol. The first-order valence-electron chi connectivity index (χ1n) is 8.00. The average molecular weight is 274 g/mol. The predicted octanol–water partition coefficient (Wildman–Crippen LogP) is 3.42.